The van der Waals surface area contributed by atoms with Crippen molar-refractivity contribution in [1.29, 1.82) is 0 Å². The van der Waals surface area contributed by atoms with Crippen molar-refractivity contribution in [2.75, 3.05) is 5.75 Å². The second kappa shape index (κ2) is 10.1. The molecule has 1 aliphatic heterocycles. The minimum absolute atomic E-state index is 0.145. The lowest BCUT2D eigenvalue weighted by molar-refractivity contribution is -0.163. The van der Waals surface area contributed by atoms with Gasteiger partial charge >= 0.3 is 12.1 Å². The Kier molecular flexibility index (Phi) is 7.74. The predicted octanol–water partition coefficient (Wildman–Crippen LogP) is 4.61. The molecule has 0 aliphatic carbocycles. The van der Waals surface area contributed by atoms with Crippen molar-refractivity contribution in [2.24, 2.45) is 5.92 Å². The number of nitrogens with zero attached hydrogens (tertiary/aromatic N) is 1. The first-order chi connectivity index (χ1) is 16.3. The van der Waals surface area contributed by atoms with Gasteiger partial charge in [-0.05, 0) is 48.6 Å². The van der Waals surface area contributed by atoms with Crippen LogP contribution in [0.3, 0.4) is 0 Å². The summed E-state index contributed by atoms with van der Waals surface area (Å²) in [5.74, 6) is -3.41. The molecule has 1 aliphatic rings. The van der Waals surface area contributed by atoms with E-state index in [1.807, 2.05) is 32.9 Å². The molecule has 10 heteroatoms. The summed E-state index contributed by atoms with van der Waals surface area (Å²) in [6.07, 6.45) is -4.00. The van der Waals surface area contributed by atoms with Gasteiger partial charge in [-0.2, -0.15) is 13.2 Å². The lowest BCUT2D eigenvalue weighted by atomic mass is 9.80. The van der Waals surface area contributed by atoms with E-state index in [-0.39, 0.29) is 12.2 Å². The molecular weight excluding hydrogens is 483 g/mol. The first-order valence-corrected chi connectivity index (χ1v) is 13.0. The molecule has 3 rings (SSSR count). The van der Waals surface area contributed by atoms with E-state index in [9.17, 15) is 31.2 Å². The Bertz CT molecular complexity index is 1180. The van der Waals surface area contributed by atoms with E-state index in [0.717, 1.165) is 22.8 Å². The number of halogens is 3. The molecule has 6 nitrogen and oxygen atoms in total. The number of ether oxygens (including phenoxy) is 1. The van der Waals surface area contributed by atoms with Crippen molar-refractivity contribution < 1.29 is 35.9 Å². The molecule has 0 spiro atoms. The Hall–Kier alpha value is -2.75. The van der Waals surface area contributed by atoms with Crippen molar-refractivity contribution >= 4 is 21.6 Å². The van der Waals surface area contributed by atoms with Crippen LogP contribution in [0.4, 0.5) is 13.2 Å². The zero-order valence-corrected chi connectivity index (χ0v) is 20.8. The van der Waals surface area contributed by atoms with Crippen molar-refractivity contribution in [3.8, 4) is 0 Å². The van der Waals surface area contributed by atoms with Crippen LogP contribution >= 0.6 is 0 Å². The molecule has 0 N–H and O–H groups in total. The molecule has 3 atom stereocenters. The Labute approximate surface area is 202 Å². The molecule has 0 radical (unpaired) electrons. The third kappa shape index (κ3) is 5.74. The number of hydrogen-bond donors (Lipinski definition) is 0. The molecule has 35 heavy (non-hydrogen) atoms. The Morgan fingerprint density at radius 2 is 1.71 bits per heavy atom. The predicted molar refractivity (Wildman–Crippen MR) is 123 cm³/mol. The van der Waals surface area contributed by atoms with Crippen LogP contribution in [0.1, 0.15) is 60.9 Å². The molecule has 1 aromatic carbocycles. The van der Waals surface area contributed by atoms with E-state index in [1.165, 1.54) is 6.92 Å². The maximum atomic E-state index is 13.1. The summed E-state index contributed by atoms with van der Waals surface area (Å²) in [5.41, 5.74) is 2.45. The van der Waals surface area contributed by atoms with Crippen molar-refractivity contribution in [3.63, 3.8) is 0 Å². The normalized spacial score (nSPS) is 20.0. The lowest BCUT2D eigenvalue weighted by Crippen LogP contribution is -2.42. The molecule has 1 fully saturated rings. The number of alkyl halides is 3. The van der Waals surface area contributed by atoms with Crippen LogP contribution in [0.15, 0.2) is 35.5 Å². The smallest absolute Gasteiger partial charge is 0.417 e. The lowest BCUT2D eigenvalue weighted by Gasteiger charge is -2.32. The average molecular weight is 512 g/mol. The van der Waals surface area contributed by atoms with Gasteiger partial charge in [-0.1, -0.05) is 38.5 Å². The van der Waals surface area contributed by atoms with Gasteiger partial charge in [0, 0.05) is 18.5 Å². The van der Waals surface area contributed by atoms with Crippen LogP contribution in [0.25, 0.3) is 0 Å². The molecule has 3 unspecified atom stereocenters. The maximum absolute atomic E-state index is 13.1. The number of carbonyl (C=O) groups excluding carboxylic acids is 2. The molecular formula is C25H28F3NO5S. The number of sulfone groups is 1. The quantitative estimate of drug-likeness (QED) is 0.398. The summed E-state index contributed by atoms with van der Waals surface area (Å²) in [5, 5.41) is -0.511. The van der Waals surface area contributed by atoms with Gasteiger partial charge in [-0.15, -0.1) is 0 Å². The van der Waals surface area contributed by atoms with Crippen LogP contribution < -0.4 is 0 Å². The van der Waals surface area contributed by atoms with E-state index in [0.29, 0.717) is 30.7 Å². The van der Waals surface area contributed by atoms with Gasteiger partial charge in [0.15, 0.2) is 20.6 Å². The SMILES string of the molecule is CCc1cc(C)cc(CC)c1C1C(=O)CC(C(C)CS(=O)(=O)c2ccc(C(F)(F)F)cn2)OC1=O. The molecule has 0 bridgehead atoms. The number of Topliss-reactive ketones (excluding diaryl/α,β-unsaturated/α-hetero) is 1. The first-order valence-electron chi connectivity index (χ1n) is 11.4. The number of benzene rings is 1. The number of rotatable bonds is 7. The summed E-state index contributed by atoms with van der Waals surface area (Å²) < 4.78 is 69.2. The van der Waals surface area contributed by atoms with E-state index in [2.05, 4.69) is 4.98 Å². The van der Waals surface area contributed by atoms with E-state index < -0.39 is 56.3 Å². The average Bonchev–Trinajstić information content (AvgIpc) is 2.78. The van der Waals surface area contributed by atoms with Gasteiger partial charge in [0.2, 0.25) is 0 Å². The van der Waals surface area contributed by atoms with Crippen LogP contribution in [0, 0.1) is 12.8 Å². The summed E-state index contributed by atoms with van der Waals surface area (Å²) in [6.45, 7) is 7.36. The maximum Gasteiger partial charge on any atom is 0.417 e. The Morgan fingerprint density at radius 1 is 1.11 bits per heavy atom. The molecule has 2 aromatic rings. The van der Waals surface area contributed by atoms with Crippen LogP contribution in [-0.4, -0.2) is 37.0 Å². The summed E-state index contributed by atoms with van der Waals surface area (Å²) in [6, 6.07) is 5.35. The van der Waals surface area contributed by atoms with Crippen molar-refractivity contribution in [1.82, 2.24) is 4.98 Å². The zero-order chi connectivity index (χ0) is 26.1. The summed E-state index contributed by atoms with van der Waals surface area (Å²) in [4.78, 5) is 29.6. The zero-order valence-electron chi connectivity index (χ0n) is 20.0. The molecule has 190 valence electrons. The third-order valence-electron chi connectivity index (χ3n) is 6.27. The minimum Gasteiger partial charge on any atom is -0.461 e. The third-order valence-corrected chi connectivity index (χ3v) is 8.12. The molecule has 0 amide bonds. The summed E-state index contributed by atoms with van der Waals surface area (Å²) >= 11 is 0. The number of esters is 1. The highest BCUT2D eigenvalue weighted by molar-refractivity contribution is 7.91. The van der Waals surface area contributed by atoms with Gasteiger partial charge in [0.05, 0.1) is 11.3 Å². The topological polar surface area (TPSA) is 90.4 Å². The van der Waals surface area contributed by atoms with Crippen LogP contribution in [0.5, 0.6) is 0 Å². The summed E-state index contributed by atoms with van der Waals surface area (Å²) in [7, 11) is -4.08. The van der Waals surface area contributed by atoms with Gasteiger partial charge in [0.1, 0.15) is 12.0 Å². The number of hydrogen-bond acceptors (Lipinski definition) is 6. The fourth-order valence-electron chi connectivity index (χ4n) is 4.48. The highest BCUT2D eigenvalue weighted by Crippen LogP contribution is 2.35. The van der Waals surface area contributed by atoms with Gasteiger partial charge < -0.3 is 4.74 Å². The molecule has 1 saturated heterocycles. The standard InChI is InChI=1S/C25H28F3NO5S/c1-5-16-9-14(3)10-17(6-2)22(16)23-19(30)11-20(34-24(23)31)15(4)13-35(32,33)21-8-7-18(12-29-21)25(26,27)28/h7-10,12,15,20,23H,5-6,11,13H2,1-4H3. The fraction of sp³-hybridized carbons (Fsp3) is 0.480. The first kappa shape index (κ1) is 26.8. The van der Waals surface area contributed by atoms with Crippen molar-refractivity contribution in [3.05, 3.63) is 58.3 Å². The number of aromatic nitrogens is 1. The van der Waals surface area contributed by atoms with Crippen LogP contribution in [0.2, 0.25) is 0 Å². The fourth-order valence-corrected chi connectivity index (χ4v) is 6.05. The number of carbonyl (C=O) groups is 2. The monoisotopic (exact) mass is 511 g/mol. The highest BCUT2D eigenvalue weighted by atomic mass is 32.2. The van der Waals surface area contributed by atoms with Gasteiger partial charge in [0.25, 0.3) is 0 Å². The second-order valence-corrected chi connectivity index (χ2v) is 10.9. The number of aryl methyl sites for hydroxylation is 3. The Balaban J connectivity index is 1.79. The van der Waals surface area contributed by atoms with E-state index >= 15 is 0 Å². The number of cyclic esters (lactones) is 1. The van der Waals surface area contributed by atoms with Gasteiger partial charge in [-0.25, -0.2) is 13.4 Å². The van der Waals surface area contributed by atoms with Crippen LogP contribution in [-0.2, 0) is 43.2 Å². The second-order valence-electron chi connectivity index (χ2n) is 8.92. The van der Waals surface area contributed by atoms with Crippen molar-refractivity contribution in [2.45, 2.75) is 70.2 Å². The van der Waals surface area contributed by atoms with Gasteiger partial charge in [-0.3, -0.25) is 9.59 Å². The Morgan fingerprint density at radius 3 is 2.17 bits per heavy atom. The number of pyridine rings is 1. The minimum atomic E-state index is -4.64. The largest absolute Gasteiger partial charge is 0.461 e. The van der Waals surface area contributed by atoms with E-state index in [4.69, 9.17) is 4.74 Å². The molecule has 2 heterocycles. The van der Waals surface area contributed by atoms with E-state index in [1.54, 1.807) is 0 Å². The molecule has 0 saturated carbocycles. The number of ketones is 1. The molecule has 1 aromatic heterocycles. The highest BCUT2D eigenvalue weighted by Gasteiger charge is 2.43.